The van der Waals surface area contributed by atoms with Crippen LogP contribution in [0.15, 0.2) is 42.5 Å². The van der Waals surface area contributed by atoms with Crippen LogP contribution in [0.1, 0.15) is 41.1 Å². The zero-order chi connectivity index (χ0) is 21.3. The van der Waals surface area contributed by atoms with Gasteiger partial charge in [0.05, 0.1) is 18.7 Å². The van der Waals surface area contributed by atoms with Gasteiger partial charge in [-0.15, -0.1) is 0 Å². The van der Waals surface area contributed by atoms with Gasteiger partial charge in [-0.05, 0) is 42.7 Å². The fourth-order valence-corrected chi connectivity index (χ4v) is 4.15. The summed E-state index contributed by atoms with van der Waals surface area (Å²) in [6, 6.07) is 12.5. The lowest BCUT2D eigenvalue weighted by Crippen LogP contribution is -2.41. The molecule has 0 bridgehead atoms. The molecule has 2 aromatic carbocycles. The molecule has 2 aliphatic heterocycles. The van der Waals surface area contributed by atoms with Crippen molar-refractivity contribution in [3.63, 3.8) is 0 Å². The molecule has 0 saturated carbocycles. The minimum atomic E-state index is -0.467. The Kier molecular flexibility index (Phi) is 5.44. The van der Waals surface area contributed by atoms with Crippen LogP contribution in [0.5, 0.6) is 5.75 Å². The topological polar surface area (TPSA) is 79.0 Å². The first-order chi connectivity index (χ1) is 14.5. The Balaban J connectivity index is 1.61. The predicted molar refractivity (Wildman–Crippen MR) is 114 cm³/mol. The molecule has 156 valence electrons. The van der Waals surface area contributed by atoms with Crippen LogP contribution < -0.4 is 15.0 Å². The number of fused-ring (bicyclic) bond motifs is 1. The number of methoxy groups -OCH3 is 1. The molecule has 1 unspecified atom stereocenters. The third kappa shape index (κ3) is 3.63. The second-order valence-corrected chi connectivity index (χ2v) is 7.70. The first kappa shape index (κ1) is 19.9. The van der Waals surface area contributed by atoms with Gasteiger partial charge in [0.1, 0.15) is 5.75 Å². The summed E-state index contributed by atoms with van der Waals surface area (Å²) >= 11 is 0. The lowest BCUT2D eigenvalue weighted by Gasteiger charge is -2.31. The third-order valence-corrected chi connectivity index (χ3v) is 5.75. The van der Waals surface area contributed by atoms with Crippen molar-refractivity contribution in [2.45, 2.75) is 25.2 Å². The molecule has 1 atom stereocenters. The number of carbonyl (C=O) groups is 3. The average Bonchev–Trinajstić information content (AvgIpc) is 2.76. The standard InChI is InChI=1S/C23H25N3O4/c1-25-14-18(16-7-3-4-8-17(16)23(25)29)22(28)24-15-10-11-20(30-2)19(13-15)26-12-6-5-9-21(26)27/h3-4,7-8,10-11,13,18H,5-6,9,12,14H2,1-2H3,(H,24,28). The van der Waals surface area contributed by atoms with E-state index in [0.717, 1.165) is 18.4 Å². The Labute approximate surface area is 175 Å². The van der Waals surface area contributed by atoms with Crippen molar-refractivity contribution in [2.75, 3.05) is 37.5 Å². The number of rotatable bonds is 4. The van der Waals surface area contributed by atoms with E-state index in [1.165, 1.54) is 0 Å². The molecule has 7 heteroatoms. The fraction of sp³-hybridized carbons (Fsp3) is 0.348. The summed E-state index contributed by atoms with van der Waals surface area (Å²) in [6.07, 6.45) is 2.34. The Bertz CT molecular complexity index is 1000. The highest BCUT2D eigenvalue weighted by molar-refractivity contribution is 6.04. The maximum absolute atomic E-state index is 13.1. The Hall–Kier alpha value is -3.35. The molecule has 3 amide bonds. The molecule has 2 aromatic rings. The Morgan fingerprint density at radius 1 is 1.13 bits per heavy atom. The number of ether oxygens (including phenoxy) is 1. The number of amides is 3. The molecule has 7 nitrogen and oxygen atoms in total. The lowest BCUT2D eigenvalue weighted by atomic mass is 9.89. The second kappa shape index (κ2) is 8.18. The lowest BCUT2D eigenvalue weighted by molar-refractivity contribution is -0.119. The third-order valence-electron chi connectivity index (χ3n) is 5.75. The zero-order valence-electron chi connectivity index (χ0n) is 17.2. The van der Waals surface area contributed by atoms with Gasteiger partial charge >= 0.3 is 0 Å². The molecular weight excluding hydrogens is 382 g/mol. The van der Waals surface area contributed by atoms with Gasteiger partial charge in [0.25, 0.3) is 5.91 Å². The minimum Gasteiger partial charge on any atom is -0.495 e. The van der Waals surface area contributed by atoms with E-state index in [1.807, 2.05) is 12.1 Å². The van der Waals surface area contributed by atoms with Crippen LogP contribution >= 0.6 is 0 Å². The van der Waals surface area contributed by atoms with Gasteiger partial charge in [0.15, 0.2) is 0 Å². The molecule has 1 N–H and O–H groups in total. The van der Waals surface area contributed by atoms with E-state index in [4.69, 9.17) is 4.74 Å². The molecule has 0 aliphatic carbocycles. The molecule has 2 heterocycles. The zero-order valence-corrected chi connectivity index (χ0v) is 17.2. The van der Waals surface area contributed by atoms with Crippen molar-refractivity contribution < 1.29 is 19.1 Å². The van der Waals surface area contributed by atoms with Crippen molar-refractivity contribution in [1.29, 1.82) is 0 Å². The minimum absolute atomic E-state index is 0.0596. The van der Waals surface area contributed by atoms with E-state index < -0.39 is 5.92 Å². The highest BCUT2D eigenvalue weighted by atomic mass is 16.5. The summed E-state index contributed by atoms with van der Waals surface area (Å²) in [5, 5.41) is 2.96. The van der Waals surface area contributed by atoms with Crippen LogP contribution in [0.4, 0.5) is 11.4 Å². The monoisotopic (exact) mass is 407 g/mol. The first-order valence-electron chi connectivity index (χ1n) is 10.1. The summed E-state index contributed by atoms with van der Waals surface area (Å²) in [7, 11) is 3.27. The summed E-state index contributed by atoms with van der Waals surface area (Å²) in [5.41, 5.74) is 2.54. The number of anilines is 2. The smallest absolute Gasteiger partial charge is 0.253 e. The molecule has 0 radical (unpaired) electrons. The van der Waals surface area contributed by atoms with Gasteiger partial charge in [-0.25, -0.2) is 0 Å². The SMILES string of the molecule is COc1ccc(NC(=O)C2CN(C)C(=O)c3ccccc32)cc1N1CCCCC1=O. The van der Waals surface area contributed by atoms with Gasteiger partial charge in [0.2, 0.25) is 11.8 Å². The van der Waals surface area contributed by atoms with Crippen LogP contribution in [0.3, 0.4) is 0 Å². The van der Waals surface area contributed by atoms with Gasteiger partial charge in [-0.2, -0.15) is 0 Å². The Morgan fingerprint density at radius 2 is 1.93 bits per heavy atom. The number of hydrogen-bond donors (Lipinski definition) is 1. The summed E-state index contributed by atoms with van der Waals surface area (Å²) in [4.78, 5) is 41.2. The van der Waals surface area contributed by atoms with Crippen LogP contribution in [0, 0.1) is 0 Å². The number of piperidine rings is 1. The van der Waals surface area contributed by atoms with E-state index in [1.54, 1.807) is 54.3 Å². The molecular formula is C23H25N3O4. The molecule has 1 fully saturated rings. The first-order valence-corrected chi connectivity index (χ1v) is 10.1. The molecule has 1 saturated heterocycles. The second-order valence-electron chi connectivity index (χ2n) is 7.70. The maximum atomic E-state index is 13.1. The van der Waals surface area contributed by atoms with Crippen LogP contribution in [0.25, 0.3) is 0 Å². The fourth-order valence-electron chi connectivity index (χ4n) is 4.15. The van der Waals surface area contributed by atoms with Crippen molar-refractivity contribution in [2.24, 2.45) is 0 Å². The molecule has 0 aromatic heterocycles. The molecule has 0 spiro atoms. The maximum Gasteiger partial charge on any atom is 0.253 e. The van der Waals surface area contributed by atoms with Crippen molar-refractivity contribution in [3.8, 4) is 5.75 Å². The molecule has 30 heavy (non-hydrogen) atoms. The number of likely N-dealkylation sites (N-methyl/N-ethyl adjacent to an activating group) is 1. The molecule has 4 rings (SSSR count). The number of carbonyl (C=O) groups excluding carboxylic acids is 3. The number of nitrogens with one attached hydrogen (secondary N) is 1. The van der Waals surface area contributed by atoms with Crippen molar-refractivity contribution in [1.82, 2.24) is 4.90 Å². The molecule has 2 aliphatic rings. The van der Waals surface area contributed by atoms with E-state index in [-0.39, 0.29) is 17.7 Å². The van der Waals surface area contributed by atoms with Crippen LogP contribution in [0.2, 0.25) is 0 Å². The summed E-state index contributed by atoms with van der Waals surface area (Å²) in [5.74, 6) is -0.0834. The van der Waals surface area contributed by atoms with E-state index in [0.29, 0.717) is 42.2 Å². The largest absolute Gasteiger partial charge is 0.495 e. The Morgan fingerprint density at radius 3 is 2.70 bits per heavy atom. The van der Waals surface area contributed by atoms with Crippen molar-refractivity contribution in [3.05, 3.63) is 53.6 Å². The van der Waals surface area contributed by atoms with E-state index >= 15 is 0 Å². The quantitative estimate of drug-likeness (QED) is 0.845. The van der Waals surface area contributed by atoms with Gasteiger partial charge in [-0.3, -0.25) is 14.4 Å². The van der Waals surface area contributed by atoms with Crippen LogP contribution in [-0.4, -0.2) is 49.9 Å². The number of benzene rings is 2. The normalized spacial score (nSPS) is 18.8. The highest BCUT2D eigenvalue weighted by Gasteiger charge is 2.33. The van der Waals surface area contributed by atoms with Gasteiger partial charge < -0.3 is 19.9 Å². The van der Waals surface area contributed by atoms with Gasteiger partial charge in [0, 0.05) is 37.8 Å². The summed E-state index contributed by atoms with van der Waals surface area (Å²) in [6.45, 7) is 0.949. The number of hydrogen-bond acceptors (Lipinski definition) is 4. The van der Waals surface area contributed by atoms with E-state index in [9.17, 15) is 14.4 Å². The highest BCUT2D eigenvalue weighted by Crippen LogP contribution is 2.34. The van der Waals surface area contributed by atoms with Crippen LogP contribution in [-0.2, 0) is 9.59 Å². The van der Waals surface area contributed by atoms with Gasteiger partial charge in [-0.1, -0.05) is 18.2 Å². The van der Waals surface area contributed by atoms with Crippen molar-refractivity contribution >= 4 is 29.1 Å². The predicted octanol–water partition coefficient (Wildman–Crippen LogP) is 3.02. The average molecular weight is 407 g/mol. The van der Waals surface area contributed by atoms with E-state index in [2.05, 4.69) is 5.32 Å². The summed E-state index contributed by atoms with van der Waals surface area (Å²) < 4.78 is 5.44. The number of nitrogens with zero attached hydrogens (tertiary/aromatic N) is 2.